The fraction of sp³-hybridized carbons (Fsp3) is 0.471. The zero-order valence-electron chi connectivity index (χ0n) is 13.9. The molecule has 0 amide bonds. The van der Waals surface area contributed by atoms with Crippen molar-refractivity contribution in [3.05, 3.63) is 34.5 Å². The van der Waals surface area contributed by atoms with Crippen molar-refractivity contribution in [2.75, 3.05) is 20.2 Å². The normalized spacial score (nSPS) is 16.5. The molecule has 2 heterocycles. The average Bonchev–Trinajstić information content (AvgIpc) is 2.84. The van der Waals surface area contributed by atoms with Gasteiger partial charge in [-0.2, -0.15) is 0 Å². The Kier molecular flexibility index (Phi) is 5.95. The third kappa shape index (κ3) is 4.39. The molecule has 1 aliphatic heterocycles. The number of hydrogen-bond acceptors (Lipinski definition) is 3. The van der Waals surface area contributed by atoms with Crippen molar-refractivity contribution in [2.24, 2.45) is 0 Å². The van der Waals surface area contributed by atoms with Crippen molar-refractivity contribution < 1.29 is 13.9 Å². The van der Waals surface area contributed by atoms with Gasteiger partial charge in [-0.15, -0.1) is 0 Å². The zero-order valence-corrected chi connectivity index (χ0v) is 17.0. The van der Waals surface area contributed by atoms with Crippen LogP contribution in [-0.2, 0) is 29.0 Å². The van der Waals surface area contributed by atoms with Gasteiger partial charge in [0, 0.05) is 34.7 Å². The Morgan fingerprint density at radius 2 is 2.12 bits per heavy atom. The summed E-state index contributed by atoms with van der Waals surface area (Å²) in [6, 6.07) is 5.48. The lowest BCUT2D eigenvalue weighted by Crippen LogP contribution is -2.31. The summed E-state index contributed by atoms with van der Waals surface area (Å²) < 4.78 is 19.4. The first-order valence-corrected chi connectivity index (χ1v) is 9.52. The van der Waals surface area contributed by atoms with Crippen LogP contribution in [0.2, 0.25) is 5.02 Å². The largest absolute Gasteiger partial charge is 0.459 e. The van der Waals surface area contributed by atoms with Gasteiger partial charge in [-0.25, -0.2) is 9.18 Å². The van der Waals surface area contributed by atoms with Crippen LogP contribution in [0.25, 0.3) is 10.9 Å². The number of carbonyl (C=O) groups excluding carboxylic acids is 1. The van der Waals surface area contributed by atoms with E-state index in [9.17, 15) is 9.18 Å². The minimum atomic E-state index is -1.87. The quantitative estimate of drug-likeness (QED) is 0.516. The van der Waals surface area contributed by atoms with Crippen molar-refractivity contribution >= 4 is 63.3 Å². The van der Waals surface area contributed by atoms with E-state index < -0.39 is 22.5 Å². The number of halogens is 5. The topological polar surface area (TPSA) is 34.5 Å². The SMILES string of the molecule is CN1CCc2c(n(CC(F)C(=O)OCC(Cl)(Cl)Cl)c3ccc(Cl)cc23)C1. The van der Waals surface area contributed by atoms with Crippen LogP contribution in [0.4, 0.5) is 4.39 Å². The lowest BCUT2D eigenvalue weighted by Gasteiger charge is -2.25. The molecule has 1 unspecified atom stereocenters. The minimum Gasteiger partial charge on any atom is -0.459 e. The van der Waals surface area contributed by atoms with Gasteiger partial charge in [0.1, 0.15) is 6.61 Å². The van der Waals surface area contributed by atoms with E-state index in [1.54, 1.807) is 6.07 Å². The first-order chi connectivity index (χ1) is 12.2. The molecule has 1 atom stereocenters. The highest BCUT2D eigenvalue weighted by Gasteiger charge is 2.29. The lowest BCUT2D eigenvalue weighted by atomic mass is 10.0. The van der Waals surface area contributed by atoms with Crippen LogP contribution in [-0.4, -0.2) is 45.6 Å². The summed E-state index contributed by atoms with van der Waals surface area (Å²) in [5, 5.41) is 1.61. The molecule has 26 heavy (non-hydrogen) atoms. The number of nitrogens with zero attached hydrogens (tertiary/aromatic N) is 2. The summed E-state index contributed by atoms with van der Waals surface area (Å²) in [5.74, 6) is -1.05. The fourth-order valence-corrected chi connectivity index (χ4v) is 3.57. The monoisotopic (exact) mass is 440 g/mol. The molecule has 9 heteroatoms. The molecule has 1 aromatic heterocycles. The van der Waals surface area contributed by atoms with E-state index >= 15 is 0 Å². The van der Waals surface area contributed by atoms with Gasteiger partial charge in [-0.05, 0) is 37.2 Å². The molecule has 0 N–H and O–H groups in total. The lowest BCUT2D eigenvalue weighted by molar-refractivity contribution is -0.149. The third-order valence-corrected chi connectivity index (χ3v) is 4.95. The fourth-order valence-electron chi connectivity index (χ4n) is 3.23. The van der Waals surface area contributed by atoms with Crippen LogP contribution in [0.5, 0.6) is 0 Å². The predicted octanol–water partition coefficient (Wildman–Crippen LogP) is 4.53. The van der Waals surface area contributed by atoms with E-state index in [-0.39, 0.29) is 6.54 Å². The number of esters is 1. The van der Waals surface area contributed by atoms with Crippen molar-refractivity contribution in [1.82, 2.24) is 9.47 Å². The molecular formula is C17H17Cl4FN2O2. The molecule has 0 spiro atoms. The molecule has 0 fully saturated rings. The smallest absolute Gasteiger partial charge is 0.342 e. The third-order valence-electron chi connectivity index (χ3n) is 4.39. The van der Waals surface area contributed by atoms with Crippen LogP contribution in [0.1, 0.15) is 11.3 Å². The summed E-state index contributed by atoms with van der Waals surface area (Å²) >= 11 is 22.7. The molecule has 0 radical (unpaired) electrons. The Labute approximate surface area is 170 Å². The highest BCUT2D eigenvalue weighted by Crippen LogP contribution is 2.33. The Hall–Kier alpha value is -0.720. The maximum Gasteiger partial charge on any atom is 0.342 e. The number of alkyl halides is 4. The molecule has 0 saturated carbocycles. The molecule has 1 aromatic carbocycles. The van der Waals surface area contributed by atoms with Crippen molar-refractivity contribution in [2.45, 2.75) is 29.5 Å². The second kappa shape index (κ2) is 7.72. The summed E-state index contributed by atoms with van der Waals surface area (Å²) in [7, 11) is 2.00. The van der Waals surface area contributed by atoms with Gasteiger partial charge in [0.05, 0.1) is 6.54 Å². The van der Waals surface area contributed by atoms with E-state index in [0.717, 1.165) is 35.1 Å². The van der Waals surface area contributed by atoms with Crippen LogP contribution >= 0.6 is 46.4 Å². The molecule has 142 valence electrons. The molecule has 0 bridgehead atoms. The Bertz CT molecular complexity index is 834. The Morgan fingerprint density at radius 1 is 1.38 bits per heavy atom. The van der Waals surface area contributed by atoms with Gasteiger partial charge in [-0.1, -0.05) is 46.4 Å². The summed E-state index contributed by atoms with van der Waals surface area (Å²) in [5.41, 5.74) is 2.96. The number of fused-ring (bicyclic) bond motifs is 3. The van der Waals surface area contributed by atoms with Gasteiger partial charge in [0.2, 0.25) is 9.96 Å². The van der Waals surface area contributed by atoms with Crippen LogP contribution in [0.3, 0.4) is 0 Å². The summed E-state index contributed by atoms with van der Waals surface area (Å²) in [6.07, 6.45) is -1.03. The average molecular weight is 442 g/mol. The molecule has 1 aliphatic rings. The second-order valence-electron chi connectivity index (χ2n) is 6.38. The summed E-state index contributed by atoms with van der Waals surface area (Å²) in [4.78, 5) is 14.1. The van der Waals surface area contributed by atoms with Crippen LogP contribution in [0, 0.1) is 0 Å². The number of aromatic nitrogens is 1. The molecule has 0 aliphatic carbocycles. The highest BCUT2D eigenvalue weighted by molar-refractivity contribution is 6.67. The molecule has 2 aromatic rings. The van der Waals surface area contributed by atoms with Crippen molar-refractivity contribution in [3.8, 4) is 0 Å². The standard InChI is InChI=1S/C17H17Cl4FN2O2/c1-23-5-4-11-12-6-10(18)2-3-14(12)24(15(11)8-23)7-13(22)16(25)26-9-17(19,20)21/h2-3,6,13H,4-5,7-9H2,1H3. The van der Waals surface area contributed by atoms with Gasteiger partial charge in [0.15, 0.2) is 0 Å². The number of hydrogen-bond donors (Lipinski definition) is 0. The number of benzene rings is 1. The second-order valence-corrected chi connectivity index (χ2v) is 9.33. The van der Waals surface area contributed by atoms with E-state index in [0.29, 0.717) is 11.6 Å². The number of ether oxygens (including phenoxy) is 1. The highest BCUT2D eigenvalue weighted by atomic mass is 35.6. The van der Waals surface area contributed by atoms with E-state index in [2.05, 4.69) is 4.90 Å². The van der Waals surface area contributed by atoms with Gasteiger partial charge in [-0.3, -0.25) is 0 Å². The van der Waals surface area contributed by atoms with Crippen LogP contribution in [0.15, 0.2) is 18.2 Å². The number of likely N-dealkylation sites (N-methyl/N-ethyl adjacent to an activating group) is 1. The predicted molar refractivity (Wildman–Crippen MR) is 103 cm³/mol. The van der Waals surface area contributed by atoms with Gasteiger partial charge >= 0.3 is 5.97 Å². The molecule has 4 nitrogen and oxygen atoms in total. The van der Waals surface area contributed by atoms with E-state index in [1.165, 1.54) is 0 Å². The maximum atomic E-state index is 14.5. The molecular weight excluding hydrogens is 425 g/mol. The number of rotatable bonds is 4. The first-order valence-electron chi connectivity index (χ1n) is 8.01. The Balaban J connectivity index is 1.90. The first kappa shape index (κ1) is 20.0. The minimum absolute atomic E-state index is 0.167. The van der Waals surface area contributed by atoms with Crippen molar-refractivity contribution in [1.29, 1.82) is 0 Å². The van der Waals surface area contributed by atoms with E-state index in [4.69, 9.17) is 51.1 Å². The maximum absolute atomic E-state index is 14.5. The zero-order chi connectivity index (χ0) is 19.1. The molecule has 3 rings (SSSR count). The van der Waals surface area contributed by atoms with Crippen LogP contribution < -0.4 is 0 Å². The van der Waals surface area contributed by atoms with E-state index in [1.807, 2.05) is 23.7 Å². The number of carbonyl (C=O) groups is 1. The van der Waals surface area contributed by atoms with Gasteiger partial charge < -0.3 is 14.2 Å². The molecule has 0 saturated heterocycles. The van der Waals surface area contributed by atoms with Gasteiger partial charge in [0.25, 0.3) is 0 Å². The van der Waals surface area contributed by atoms with Crippen molar-refractivity contribution in [3.63, 3.8) is 0 Å². The Morgan fingerprint density at radius 3 is 2.81 bits per heavy atom. The summed E-state index contributed by atoms with van der Waals surface area (Å²) in [6.45, 7) is 0.903.